The summed E-state index contributed by atoms with van der Waals surface area (Å²) in [6.45, 7) is 5.97. The molecule has 14 heavy (non-hydrogen) atoms. The molecule has 0 atom stereocenters. The van der Waals surface area contributed by atoms with Crippen molar-refractivity contribution in [1.82, 2.24) is 0 Å². The molecule has 0 saturated heterocycles. The minimum atomic E-state index is -0.221. The van der Waals surface area contributed by atoms with Crippen molar-refractivity contribution in [2.45, 2.75) is 32.7 Å². The van der Waals surface area contributed by atoms with Crippen molar-refractivity contribution >= 4 is 15.9 Å². The summed E-state index contributed by atoms with van der Waals surface area (Å²) in [7, 11) is 0. The molecule has 0 aliphatic carbocycles. The zero-order chi connectivity index (χ0) is 10.9. The smallest absolute Gasteiger partial charge is 0.130 e. The molecule has 3 heteroatoms. The summed E-state index contributed by atoms with van der Waals surface area (Å²) in [6, 6.07) is 3.68. The molecule has 0 aromatic heterocycles. The van der Waals surface area contributed by atoms with Crippen molar-refractivity contribution in [3.8, 4) is 5.75 Å². The second-order valence-corrected chi connectivity index (χ2v) is 5.25. The van der Waals surface area contributed by atoms with E-state index in [1.807, 2.05) is 26.8 Å². The molecule has 0 unspecified atom stereocenters. The average molecular weight is 258 g/mol. The van der Waals surface area contributed by atoms with Crippen molar-refractivity contribution in [1.29, 1.82) is 0 Å². The first-order valence-electron chi connectivity index (χ1n) is 4.56. The normalized spacial score (nSPS) is 11.8. The first-order chi connectivity index (χ1) is 6.29. The summed E-state index contributed by atoms with van der Waals surface area (Å²) in [5, 5.41) is 9.44. The quantitative estimate of drug-likeness (QED) is 0.856. The predicted octanol–water partition coefficient (Wildman–Crippen LogP) is 2.74. The average Bonchev–Trinajstić information content (AvgIpc) is 1.97. The van der Waals surface area contributed by atoms with E-state index in [1.54, 1.807) is 6.07 Å². The summed E-state index contributed by atoms with van der Waals surface area (Å²) in [4.78, 5) is 0. The molecule has 2 nitrogen and oxygen atoms in total. The van der Waals surface area contributed by atoms with Gasteiger partial charge in [-0.25, -0.2) is 0 Å². The van der Waals surface area contributed by atoms with Gasteiger partial charge in [-0.3, -0.25) is 0 Å². The molecule has 0 aliphatic rings. The minimum Gasteiger partial charge on any atom is -0.507 e. The number of halogens is 1. The Morgan fingerprint density at radius 2 is 2.00 bits per heavy atom. The lowest BCUT2D eigenvalue weighted by molar-refractivity contribution is 0.469. The second kappa shape index (κ2) is 3.91. The predicted molar refractivity (Wildman–Crippen MR) is 62.5 cm³/mol. The van der Waals surface area contributed by atoms with Crippen molar-refractivity contribution in [3.63, 3.8) is 0 Å². The highest BCUT2D eigenvalue weighted by molar-refractivity contribution is 9.10. The third kappa shape index (κ3) is 3.00. The number of benzene rings is 1. The van der Waals surface area contributed by atoms with Gasteiger partial charge in [-0.1, -0.05) is 0 Å². The van der Waals surface area contributed by atoms with Gasteiger partial charge in [-0.2, -0.15) is 0 Å². The minimum absolute atomic E-state index is 0.221. The van der Waals surface area contributed by atoms with E-state index in [4.69, 9.17) is 5.73 Å². The van der Waals surface area contributed by atoms with Crippen LogP contribution < -0.4 is 5.73 Å². The van der Waals surface area contributed by atoms with Gasteiger partial charge in [0.05, 0.1) is 4.47 Å². The highest BCUT2D eigenvalue weighted by Crippen LogP contribution is 2.28. The van der Waals surface area contributed by atoms with Gasteiger partial charge in [-0.15, -0.1) is 0 Å². The maximum atomic E-state index is 9.44. The molecule has 0 radical (unpaired) electrons. The highest BCUT2D eigenvalue weighted by Gasteiger charge is 2.14. The van der Waals surface area contributed by atoms with Crippen molar-refractivity contribution in [2.75, 3.05) is 0 Å². The maximum absolute atomic E-state index is 9.44. The number of phenolic OH excluding ortho intramolecular Hbond substituents is 1. The lowest BCUT2D eigenvalue weighted by Gasteiger charge is -2.20. The van der Waals surface area contributed by atoms with Crippen molar-refractivity contribution in [2.24, 2.45) is 5.73 Å². The number of nitrogens with two attached hydrogens (primary N) is 1. The third-order valence-corrected chi connectivity index (χ3v) is 2.69. The molecule has 0 bridgehead atoms. The summed E-state index contributed by atoms with van der Waals surface area (Å²) in [6.07, 6.45) is 0.803. The topological polar surface area (TPSA) is 46.2 Å². The fourth-order valence-corrected chi connectivity index (χ4v) is 1.78. The molecule has 3 N–H and O–H groups in total. The zero-order valence-corrected chi connectivity index (χ0v) is 10.4. The Balaban J connectivity index is 3.04. The number of aryl methyl sites for hydroxylation is 1. The van der Waals surface area contributed by atoms with Gasteiger partial charge in [0, 0.05) is 5.54 Å². The number of hydrogen-bond acceptors (Lipinski definition) is 2. The fourth-order valence-electron chi connectivity index (χ4n) is 1.39. The van der Waals surface area contributed by atoms with E-state index >= 15 is 0 Å². The first-order valence-corrected chi connectivity index (χ1v) is 5.36. The van der Waals surface area contributed by atoms with E-state index in [-0.39, 0.29) is 11.3 Å². The molecule has 0 saturated carbocycles. The molecular weight excluding hydrogens is 242 g/mol. The molecule has 0 amide bonds. The fraction of sp³-hybridized carbons (Fsp3) is 0.455. The molecule has 1 rings (SSSR count). The second-order valence-electron chi connectivity index (χ2n) is 4.40. The van der Waals surface area contributed by atoms with Crippen LogP contribution >= 0.6 is 15.9 Å². The molecule has 0 heterocycles. The van der Waals surface area contributed by atoms with E-state index in [9.17, 15) is 5.11 Å². The van der Waals surface area contributed by atoms with Gasteiger partial charge in [0.2, 0.25) is 0 Å². The van der Waals surface area contributed by atoms with Crippen LogP contribution in [0.2, 0.25) is 0 Å². The third-order valence-electron chi connectivity index (χ3n) is 2.05. The van der Waals surface area contributed by atoms with Crippen LogP contribution in [0, 0.1) is 6.92 Å². The molecule has 0 fully saturated rings. The van der Waals surface area contributed by atoms with Gasteiger partial charge in [0.25, 0.3) is 0 Å². The largest absolute Gasteiger partial charge is 0.507 e. The maximum Gasteiger partial charge on any atom is 0.130 e. The van der Waals surface area contributed by atoms with Crippen LogP contribution in [-0.4, -0.2) is 10.6 Å². The number of rotatable bonds is 2. The van der Waals surface area contributed by atoms with E-state index in [2.05, 4.69) is 15.9 Å². The Bertz CT molecular complexity index is 342. The van der Waals surface area contributed by atoms with Gasteiger partial charge in [0.15, 0.2) is 0 Å². The summed E-state index contributed by atoms with van der Waals surface area (Å²) >= 11 is 3.30. The van der Waals surface area contributed by atoms with Crippen LogP contribution in [0.3, 0.4) is 0 Å². The van der Waals surface area contributed by atoms with Crippen LogP contribution in [0.5, 0.6) is 5.75 Å². The Labute approximate surface area is 93.3 Å². The molecule has 1 aromatic rings. The van der Waals surface area contributed by atoms with Crippen LogP contribution in [0.15, 0.2) is 16.6 Å². The summed E-state index contributed by atoms with van der Waals surface area (Å²) in [5.74, 6) is 0.279. The van der Waals surface area contributed by atoms with Crippen LogP contribution in [0.1, 0.15) is 25.0 Å². The molecule has 78 valence electrons. The van der Waals surface area contributed by atoms with Gasteiger partial charge >= 0.3 is 0 Å². The summed E-state index contributed by atoms with van der Waals surface area (Å²) < 4.78 is 0.724. The Morgan fingerprint density at radius 3 is 2.50 bits per heavy atom. The SMILES string of the molecule is Cc1cc(O)c(Br)cc1CC(C)(C)N. The lowest BCUT2D eigenvalue weighted by atomic mass is 9.93. The van der Waals surface area contributed by atoms with Crippen LogP contribution in [-0.2, 0) is 6.42 Å². The van der Waals surface area contributed by atoms with Crippen LogP contribution in [0.25, 0.3) is 0 Å². The zero-order valence-electron chi connectivity index (χ0n) is 8.76. The van der Waals surface area contributed by atoms with E-state index in [0.717, 1.165) is 16.5 Å². The Hall–Kier alpha value is -0.540. The van der Waals surface area contributed by atoms with Crippen LogP contribution in [0.4, 0.5) is 0 Å². The van der Waals surface area contributed by atoms with Gasteiger partial charge in [0.1, 0.15) is 5.75 Å². The van der Waals surface area contributed by atoms with Gasteiger partial charge < -0.3 is 10.8 Å². The van der Waals surface area contributed by atoms with E-state index in [1.165, 1.54) is 5.56 Å². The Kier molecular flexibility index (Phi) is 3.22. The Morgan fingerprint density at radius 1 is 1.43 bits per heavy atom. The number of hydrogen-bond donors (Lipinski definition) is 2. The highest BCUT2D eigenvalue weighted by atomic mass is 79.9. The van der Waals surface area contributed by atoms with Crippen molar-refractivity contribution in [3.05, 3.63) is 27.7 Å². The standard InChI is InChI=1S/C11H16BrNO/c1-7-4-10(14)9(12)5-8(7)6-11(2,3)13/h4-5,14H,6,13H2,1-3H3. The van der Waals surface area contributed by atoms with Crippen molar-refractivity contribution < 1.29 is 5.11 Å². The molecular formula is C11H16BrNO. The molecule has 0 spiro atoms. The van der Waals surface area contributed by atoms with E-state index < -0.39 is 0 Å². The number of aromatic hydroxyl groups is 1. The molecule has 1 aromatic carbocycles. The van der Waals surface area contributed by atoms with E-state index in [0.29, 0.717) is 0 Å². The number of phenols is 1. The van der Waals surface area contributed by atoms with Gasteiger partial charge in [-0.05, 0) is 66.4 Å². The monoisotopic (exact) mass is 257 g/mol. The summed E-state index contributed by atoms with van der Waals surface area (Å²) in [5.41, 5.74) is 7.97. The lowest BCUT2D eigenvalue weighted by Crippen LogP contribution is -2.34. The molecule has 0 aliphatic heterocycles. The first kappa shape index (κ1) is 11.5.